The van der Waals surface area contributed by atoms with Crippen LogP contribution in [0.4, 0.5) is 0 Å². The first-order chi connectivity index (χ1) is 15.1. The topological polar surface area (TPSA) is 59.8 Å². The van der Waals surface area contributed by atoms with Crippen molar-refractivity contribution in [2.75, 3.05) is 20.2 Å². The van der Waals surface area contributed by atoms with Gasteiger partial charge in [-0.15, -0.1) is 0 Å². The van der Waals surface area contributed by atoms with Crippen LogP contribution >= 0.6 is 0 Å². The second-order valence-corrected chi connectivity index (χ2v) is 7.32. The Hall–Kier alpha value is -3.86. The predicted octanol–water partition coefficient (Wildman–Crippen LogP) is 4.92. The third kappa shape index (κ3) is 4.21. The lowest BCUT2D eigenvalue weighted by Gasteiger charge is -2.18. The van der Waals surface area contributed by atoms with Crippen molar-refractivity contribution < 1.29 is 13.9 Å². The van der Waals surface area contributed by atoms with Gasteiger partial charge in [-0.2, -0.15) is 0 Å². The Kier molecular flexibility index (Phi) is 5.85. The van der Waals surface area contributed by atoms with Crippen LogP contribution in [0, 0.1) is 6.92 Å². The van der Waals surface area contributed by atoms with E-state index >= 15 is 0 Å². The Morgan fingerprint density at radius 3 is 2.32 bits per heavy atom. The smallest absolute Gasteiger partial charge is 0.257 e. The maximum Gasteiger partial charge on any atom is 0.257 e. The number of ether oxygens (including phenoxy) is 1. The summed E-state index contributed by atoms with van der Waals surface area (Å²) in [5.41, 5.74) is 1.84. The average molecular weight is 413 g/mol. The molecule has 5 nitrogen and oxygen atoms in total. The van der Waals surface area contributed by atoms with Crippen molar-refractivity contribution in [3.05, 3.63) is 100 Å². The SMILES string of the molecule is Cc1c(-c2ccccc2)oc2c(C(=O)N(C)CCOc3ccccc3)cccc2c1=O. The highest BCUT2D eigenvalue weighted by atomic mass is 16.5. The maximum absolute atomic E-state index is 13.2. The van der Waals surface area contributed by atoms with Gasteiger partial charge in [0.2, 0.25) is 0 Å². The van der Waals surface area contributed by atoms with Crippen LogP contribution < -0.4 is 10.2 Å². The number of hydrogen-bond donors (Lipinski definition) is 0. The standard InChI is InChI=1S/C26H23NO4/c1-18-23(28)21-14-9-15-22(25(21)31-24(18)19-10-5-3-6-11-19)26(29)27(2)16-17-30-20-12-7-4-8-13-20/h3-15H,16-17H2,1-2H3. The van der Waals surface area contributed by atoms with E-state index in [9.17, 15) is 9.59 Å². The van der Waals surface area contributed by atoms with E-state index in [4.69, 9.17) is 9.15 Å². The summed E-state index contributed by atoms with van der Waals surface area (Å²) in [6, 6.07) is 24.0. The van der Waals surface area contributed by atoms with E-state index in [-0.39, 0.29) is 11.3 Å². The molecule has 1 aromatic heterocycles. The average Bonchev–Trinajstić information content (AvgIpc) is 2.81. The molecule has 0 fully saturated rings. The van der Waals surface area contributed by atoms with E-state index in [1.54, 1.807) is 37.1 Å². The summed E-state index contributed by atoms with van der Waals surface area (Å²) >= 11 is 0. The summed E-state index contributed by atoms with van der Waals surface area (Å²) in [5, 5.41) is 0.400. The van der Waals surface area contributed by atoms with E-state index in [2.05, 4.69) is 0 Å². The second-order valence-electron chi connectivity index (χ2n) is 7.32. The molecule has 0 bridgehead atoms. The van der Waals surface area contributed by atoms with E-state index in [0.717, 1.165) is 11.3 Å². The lowest BCUT2D eigenvalue weighted by molar-refractivity contribution is 0.0774. The first kappa shape index (κ1) is 20.4. The molecule has 0 aliphatic rings. The third-order valence-corrected chi connectivity index (χ3v) is 5.20. The minimum absolute atomic E-state index is 0.134. The van der Waals surface area contributed by atoms with Crippen LogP contribution in [0.1, 0.15) is 15.9 Å². The Bertz CT molecular complexity index is 1260. The summed E-state index contributed by atoms with van der Waals surface area (Å²) in [4.78, 5) is 27.7. The molecule has 0 N–H and O–H groups in total. The fraction of sp³-hybridized carbons (Fsp3) is 0.154. The fourth-order valence-electron chi connectivity index (χ4n) is 3.47. The molecule has 3 aromatic carbocycles. The van der Waals surface area contributed by atoms with Gasteiger partial charge in [0.15, 0.2) is 11.0 Å². The molecule has 31 heavy (non-hydrogen) atoms. The lowest BCUT2D eigenvalue weighted by Crippen LogP contribution is -2.31. The summed E-state index contributed by atoms with van der Waals surface area (Å²) in [7, 11) is 1.71. The van der Waals surface area contributed by atoms with Crippen molar-refractivity contribution in [1.82, 2.24) is 4.90 Å². The summed E-state index contributed by atoms with van der Waals surface area (Å²) in [6.07, 6.45) is 0. The van der Waals surface area contributed by atoms with Gasteiger partial charge in [-0.3, -0.25) is 9.59 Å². The maximum atomic E-state index is 13.2. The zero-order valence-corrected chi connectivity index (χ0v) is 17.5. The zero-order valence-electron chi connectivity index (χ0n) is 17.5. The molecule has 0 unspecified atom stereocenters. The zero-order chi connectivity index (χ0) is 21.8. The van der Waals surface area contributed by atoms with Crippen molar-refractivity contribution in [3.63, 3.8) is 0 Å². The molecule has 1 heterocycles. The molecule has 5 heteroatoms. The molecule has 0 spiro atoms. The van der Waals surface area contributed by atoms with Crippen molar-refractivity contribution in [2.45, 2.75) is 6.92 Å². The van der Waals surface area contributed by atoms with E-state index in [1.165, 1.54) is 0 Å². The molecule has 0 atom stereocenters. The summed E-state index contributed by atoms with van der Waals surface area (Å²) < 4.78 is 11.9. The fourth-order valence-corrected chi connectivity index (χ4v) is 3.47. The van der Waals surface area contributed by atoms with Crippen molar-refractivity contribution in [1.29, 1.82) is 0 Å². The summed E-state index contributed by atoms with van der Waals surface area (Å²) in [5.74, 6) is 1.00. The van der Waals surface area contributed by atoms with E-state index in [0.29, 0.717) is 41.0 Å². The first-order valence-electron chi connectivity index (χ1n) is 10.1. The number of likely N-dealkylation sites (N-methyl/N-ethyl adjacent to an activating group) is 1. The Labute approximate surface area is 180 Å². The molecular weight excluding hydrogens is 390 g/mol. The normalized spacial score (nSPS) is 10.8. The van der Waals surface area contributed by atoms with Crippen LogP contribution in [-0.2, 0) is 0 Å². The van der Waals surface area contributed by atoms with Crippen molar-refractivity contribution in [3.8, 4) is 17.1 Å². The molecule has 0 aliphatic heterocycles. The molecule has 4 rings (SSSR count). The number of rotatable bonds is 6. The van der Waals surface area contributed by atoms with Gasteiger partial charge in [-0.05, 0) is 31.2 Å². The molecule has 0 aliphatic carbocycles. The number of para-hydroxylation sites is 2. The second kappa shape index (κ2) is 8.88. The third-order valence-electron chi connectivity index (χ3n) is 5.20. The van der Waals surface area contributed by atoms with Crippen LogP contribution in [0.25, 0.3) is 22.3 Å². The minimum Gasteiger partial charge on any atom is -0.492 e. The monoisotopic (exact) mass is 413 g/mol. The lowest BCUT2D eigenvalue weighted by atomic mass is 10.0. The number of amides is 1. The van der Waals surface area contributed by atoms with Crippen LogP contribution in [0.5, 0.6) is 5.75 Å². The molecule has 156 valence electrons. The Morgan fingerprint density at radius 2 is 1.61 bits per heavy atom. The van der Waals surface area contributed by atoms with Gasteiger partial charge in [-0.25, -0.2) is 0 Å². The number of fused-ring (bicyclic) bond motifs is 1. The number of carbonyl (C=O) groups is 1. The Morgan fingerprint density at radius 1 is 0.935 bits per heavy atom. The molecule has 0 radical (unpaired) electrons. The van der Waals surface area contributed by atoms with Gasteiger partial charge < -0.3 is 14.1 Å². The van der Waals surface area contributed by atoms with E-state index in [1.807, 2.05) is 60.7 Å². The highest BCUT2D eigenvalue weighted by Gasteiger charge is 2.20. The predicted molar refractivity (Wildman–Crippen MR) is 122 cm³/mol. The molecule has 0 saturated carbocycles. The largest absolute Gasteiger partial charge is 0.492 e. The molecular formula is C26H23NO4. The highest BCUT2D eigenvalue weighted by Crippen LogP contribution is 2.27. The molecule has 0 saturated heterocycles. The van der Waals surface area contributed by atoms with Crippen LogP contribution in [0.15, 0.2) is 88.1 Å². The quantitative estimate of drug-likeness (QED) is 0.450. The number of carbonyl (C=O) groups excluding carboxylic acids is 1. The first-order valence-corrected chi connectivity index (χ1v) is 10.1. The van der Waals surface area contributed by atoms with Crippen LogP contribution in [0.3, 0.4) is 0 Å². The van der Waals surface area contributed by atoms with Crippen LogP contribution in [-0.4, -0.2) is 31.0 Å². The van der Waals surface area contributed by atoms with Gasteiger partial charge in [-0.1, -0.05) is 54.6 Å². The molecule has 4 aromatic rings. The van der Waals surface area contributed by atoms with Gasteiger partial charge >= 0.3 is 0 Å². The molecule has 1 amide bonds. The van der Waals surface area contributed by atoms with Gasteiger partial charge in [0.25, 0.3) is 5.91 Å². The van der Waals surface area contributed by atoms with Gasteiger partial charge in [0.1, 0.15) is 18.1 Å². The number of benzene rings is 3. The number of nitrogens with zero attached hydrogens (tertiary/aromatic N) is 1. The number of hydrogen-bond acceptors (Lipinski definition) is 4. The van der Waals surface area contributed by atoms with Gasteiger partial charge in [0.05, 0.1) is 17.5 Å². The van der Waals surface area contributed by atoms with Gasteiger partial charge in [0, 0.05) is 18.2 Å². The van der Waals surface area contributed by atoms with Crippen LogP contribution in [0.2, 0.25) is 0 Å². The van der Waals surface area contributed by atoms with E-state index < -0.39 is 0 Å². The highest BCUT2D eigenvalue weighted by molar-refractivity contribution is 6.05. The van der Waals surface area contributed by atoms with Crippen molar-refractivity contribution >= 4 is 16.9 Å². The summed E-state index contributed by atoms with van der Waals surface area (Å²) in [6.45, 7) is 2.50. The Balaban J connectivity index is 1.64. The van der Waals surface area contributed by atoms with Crippen molar-refractivity contribution in [2.24, 2.45) is 0 Å². The minimum atomic E-state index is -0.228.